The minimum atomic E-state index is -0.263. The van der Waals surface area contributed by atoms with Crippen molar-refractivity contribution in [2.75, 3.05) is 23.7 Å². The number of rotatable bonds is 7. The number of thioether (sulfide) groups is 1. The van der Waals surface area contributed by atoms with Crippen LogP contribution in [0.3, 0.4) is 0 Å². The lowest BCUT2D eigenvalue weighted by molar-refractivity contribution is -0.122. The van der Waals surface area contributed by atoms with E-state index in [9.17, 15) is 9.59 Å². The summed E-state index contributed by atoms with van der Waals surface area (Å²) >= 11 is 8.24. The van der Waals surface area contributed by atoms with Crippen LogP contribution in [0.25, 0.3) is 16.9 Å². The van der Waals surface area contributed by atoms with Gasteiger partial charge in [-0.3, -0.25) is 14.5 Å². The highest BCUT2D eigenvalue weighted by Gasteiger charge is 2.38. The number of nitrogens with zero attached hydrogens (tertiary/aromatic N) is 3. The molecular formula is C30H29ClN4O2S. The van der Waals surface area contributed by atoms with Crippen molar-refractivity contribution in [2.24, 2.45) is 0 Å². The second-order valence-electron chi connectivity index (χ2n) is 9.24. The third-order valence-electron chi connectivity index (χ3n) is 6.48. The van der Waals surface area contributed by atoms with Gasteiger partial charge >= 0.3 is 0 Å². The standard InChI is InChI=1S/C30H29ClN4O2S/c1-3-17-32-25(36)18-34-26(37)19-38-29(23-11-7-8-12-24(23)31)27-28(21-9-5-4-6-10-21)33-35(30(27)34)22-15-13-20(2)14-16-22/h4-16,29H,3,17-19H2,1-2H3,(H,32,36). The van der Waals surface area contributed by atoms with E-state index in [0.29, 0.717) is 17.4 Å². The molecule has 5 rings (SSSR count). The minimum absolute atomic E-state index is 0.0899. The van der Waals surface area contributed by atoms with Crippen LogP contribution < -0.4 is 10.2 Å². The van der Waals surface area contributed by atoms with Gasteiger partial charge in [0.25, 0.3) is 0 Å². The topological polar surface area (TPSA) is 67.2 Å². The summed E-state index contributed by atoms with van der Waals surface area (Å²) in [4.78, 5) is 28.2. The molecule has 6 nitrogen and oxygen atoms in total. The maximum absolute atomic E-state index is 13.7. The smallest absolute Gasteiger partial charge is 0.240 e. The summed E-state index contributed by atoms with van der Waals surface area (Å²) < 4.78 is 1.80. The predicted molar refractivity (Wildman–Crippen MR) is 155 cm³/mol. The van der Waals surface area contributed by atoms with Crippen LogP contribution >= 0.6 is 23.4 Å². The fourth-order valence-electron chi connectivity index (χ4n) is 4.59. The molecule has 38 heavy (non-hydrogen) atoms. The van der Waals surface area contributed by atoms with Gasteiger partial charge in [-0.25, -0.2) is 4.68 Å². The zero-order valence-corrected chi connectivity index (χ0v) is 22.9. The molecular weight excluding hydrogens is 516 g/mol. The number of fused-ring (bicyclic) bond motifs is 1. The highest BCUT2D eigenvalue weighted by Crippen LogP contribution is 2.49. The van der Waals surface area contributed by atoms with Crippen LogP contribution in [0.1, 0.15) is 35.3 Å². The number of anilines is 1. The van der Waals surface area contributed by atoms with Crippen LogP contribution in [0, 0.1) is 6.92 Å². The quantitative estimate of drug-likeness (QED) is 0.301. The summed E-state index contributed by atoms with van der Waals surface area (Å²) in [6.45, 7) is 4.49. The second-order valence-corrected chi connectivity index (χ2v) is 10.7. The lowest BCUT2D eigenvalue weighted by atomic mass is 9.99. The average Bonchev–Trinajstić information content (AvgIpc) is 3.26. The zero-order chi connectivity index (χ0) is 26.6. The number of aryl methyl sites for hydroxylation is 1. The van der Waals surface area contributed by atoms with Crippen molar-refractivity contribution in [3.63, 3.8) is 0 Å². The van der Waals surface area contributed by atoms with Crippen LogP contribution in [-0.4, -0.2) is 40.4 Å². The van der Waals surface area contributed by atoms with E-state index < -0.39 is 0 Å². The van der Waals surface area contributed by atoms with E-state index in [1.807, 2.05) is 92.7 Å². The Hall–Kier alpha value is -3.55. The van der Waals surface area contributed by atoms with Gasteiger partial charge in [0, 0.05) is 22.7 Å². The Bertz CT molecular complexity index is 1450. The first-order valence-corrected chi connectivity index (χ1v) is 14.1. The fraction of sp³-hybridized carbons (Fsp3) is 0.233. The van der Waals surface area contributed by atoms with Gasteiger partial charge in [0.15, 0.2) is 0 Å². The normalized spacial score (nSPS) is 15.2. The lowest BCUT2D eigenvalue weighted by Gasteiger charge is -2.23. The number of nitrogens with one attached hydrogen (secondary N) is 1. The molecule has 2 heterocycles. The Kier molecular flexibility index (Phi) is 7.86. The molecule has 0 saturated carbocycles. The van der Waals surface area contributed by atoms with Crippen LogP contribution in [0.4, 0.5) is 5.82 Å². The molecule has 0 spiro atoms. The van der Waals surface area contributed by atoms with Gasteiger partial charge in [0.1, 0.15) is 12.4 Å². The Balaban J connectivity index is 1.79. The summed E-state index contributed by atoms with van der Waals surface area (Å²) in [5.41, 5.74) is 5.39. The van der Waals surface area contributed by atoms with Crippen LogP contribution in [-0.2, 0) is 9.59 Å². The van der Waals surface area contributed by atoms with Gasteiger partial charge < -0.3 is 5.32 Å². The molecule has 1 unspecified atom stereocenters. The van der Waals surface area contributed by atoms with Crippen molar-refractivity contribution in [2.45, 2.75) is 25.5 Å². The molecule has 1 aromatic heterocycles. The van der Waals surface area contributed by atoms with Gasteiger partial charge in [-0.1, -0.05) is 84.8 Å². The van der Waals surface area contributed by atoms with Gasteiger partial charge in [-0.2, -0.15) is 5.10 Å². The van der Waals surface area contributed by atoms with Crippen molar-refractivity contribution in [3.05, 3.63) is 101 Å². The molecule has 1 aliphatic heterocycles. The van der Waals surface area contributed by atoms with Gasteiger partial charge in [0.2, 0.25) is 11.8 Å². The van der Waals surface area contributed by atoms with Crippen molar-refractivity contribution < 1.29 is 9.59 Å². The van der Waals surface area contributed by atoms with Gasteiger partial charge in [-0.15, -0.1) is 11.8 Å². The molecule has 0 bridgehead atoms. The number of benzene rings is 3. The van der Waals surface area contributed by atoms with Crippen LogP contribution in [0.5, 0.6) is 0 Å². The first kappa shape index (κ1) is 26.1. The molecule has 194 valence electrons. The number of carbonyl (C=O) groups excluding carboxylic acids is 2. The second kappa shape index (κ2) is 11.5. The third-order valence-corrected chi connectivity index (χ3v) is 8.06. The first-order valence-electron chi connectivity index (χ1n) is 12.7. The van der Waals surface area contributed by atoms with E-state index in [2.05, 4.69) is 5.32 Å². The molecule has 0 radical (unpaired) electrons. The summed E-state index contributed by atoms with van der Waals surface area (Å²) in [7, 11) is 0. The molecule has 0 saturated heterocycles. The molecule has 8 heteroatoms. The van der Waals surface area contributed by atoms with Crippen molar-refractivity contribution in [1.82, 2.24) is 15.1 Å². The average molecular weight is 545 g/mol. The Labute approximate surface area is 232 Å². The molecule has 0 aliphatic carbocycles. The van der Waals surface area contributed by atoms with E-state index >= 15 is 0 Å². The first-order chi connectivity index (χ1) is 18.5. The molecule has 1 atom stereocenters. The summed E-state index contributed by atoms with van der Waals surface area (Å²) in [5, 5.41) is 8.38. The van der Waals surface area contributed by atoms with E-state index in [1.54, 1.807) is 9.58 Å². The number of hydrogen-bond donors (Lipinski definition) is 1. The zero-order valence-electron chi connectivity index (χ0n) is 21.4. The van der Waals surface area contributed by atoms with E-state index in [1.165, 1.54) is 11.8 Å². The largest absolute Gasteiger partial charge is 0.355 e. The number of hydrogen-bond acceptors (Lipinski definition) is 4. The summed E-state index contributed by atoms with van der Waals surface area (Å²) in [5.74, 6) is 0.447. The number of aromatic nitrogens is 2. The van der Waals surface area contributed by atoms with Crippen molar-refractivity contribution in [3.8, 4) is 16.9 Å². The molecule has 0 fully saturated rings. The predicted octanol–water partition coefficient (Wildman–Crippen LogP) is 6.20. The van der Waals surface area contributed by atoms with Gasteiger partial charge in [0.05, 0.1) is 22.4 Å². The van der Waals surface area contributed by atoms with Crippen molar-refractivity contribution in [1.29, 1.82) is 0 Å². The molecule has 4 aromatic rings. The molecule has 3 aromatic carbocycles. The Morgan fingerprint density at radius 3 is 2.47 bits per heavy atom. The number of amides is 2. The maximum atomic E-state index is 13.7. The molecule has 2 amide bonds. The third kappa shape index (κ3) is 5.22. The monoisotopic (exact) mass is 544 g/mol. The molecule has 1 N–H and O–H groups in total. The van der Waals surface area contributed by atoms with Crippen LogP contribution in [0.15, 0.2) is 78.9 Å². The summed E-state index contributed by atoms with van der Waals surface area (Å²) in [6, 6.07) is 25.7. The minimum Gasteiger partial charge on any atom is -0.355 e. The van der Waals surface area contributed by atoms with Crippen LogP contribution in [0.2, 0.25) is 5.02 Å². The number of halogens is 1. The SMILES string of the molecule is CCCNC(=O)CN1C(=O)CSC(c2ccccc2Cl)c2c(-c3ccccc3)nn(-c3ccc(C)cc3)c21. The fourth-order valence-corrected chi connectivity index (χ4v) is 6.14. The van der Waals surface area contributed by atoms with Crippen molar-refractivity contribution >= 4 is 41.0 Å². The van der Waals surface area contributed by atoms with E-state index in [-0.39, 0.29) is 29.4 Å². The number of carbonyl (C=O) groups is 2. The maximum Gasteiger partial charge on any atom is 0.240 e. The molecule has 1 aliphatic rings. The Morgan fingerprint density at radius 1 is 1.05 bits per heavy atom. The summed E-state index contributed by atoms with van der Waals surface area (Å²) in [6.07, 6.45) is 0.814. The van der Waals surface area contributed by atoms with E-state index in [4.69, 9.17) is 16.7 Å². The lowest BCUT2D eigenvalue weighted by Crippen LogP contribution is -2.42. The van der Waals surface area contributed by atoms with E-state index in [0.717, 1.165) is 40.1 Å². The highest BCUT2D eigenvalue weighted by atomic mass is 35.5. The Morgan fingerprint density at radius 2 is 1.76 bits per heavy atom. The highest BCUT2D eigenvalue weighted by molar-refractivity contribution is 8.00. The van der Waals surface area contributed by atoms with Gasteiger partial charge in [-0.05, 0) is 37.1 Å².